The second-order valence-electron chi connectivity index (χ2n) is 14.7. The van der Waals surface area contributed by atoms with E-state index in [0.717, 1.165) is 11.1 Å². The van der Waals surface area contributed by atoms with Crippen LogP contribution in [0.25, 0.3) is 0 Å². The Bertz CT molecular complexity index is 2080. The summed E-state index contributed by atoms with van der Waals surface area (Å²) in [4.78, 5) is 58.4. The van der Waals surface area contributed by atoms with Crippen LogP contribution in [0.15, 0.2) is 84.9 Å². The Morgan fingerprint density at radius 3 is 1.08 bits per heavy atom. The molecule has 0 aliphatic carbocycles. The average Bonchev–Trinajstić information content (AvgIpc) is 3.28. The molecule has 0 heterocycles. The van der Waals surface area contributed by atoms with Crippen molar-refractivity contribution in [1.82, 2.24) is 9.80 Å². The molecule has 0 saturated carbocycles. The first-order valence-electron chi connectivity index (χ1n) is 20.0. The number of methoxy groups -OCH3 is 6. The van der Waals surface area contributed by atoms with Crippen LogP contribution in [0.3, 0.4) is 0 Å². The number of carbonyl (C=O) groups is 4. The smallest absolute Gasteiger partial charge is 0.346 e. The van der Waals surface area contributed by atoms with Crippen LogP contribution in [0, 0.1) is 0 Å². The van der Waals surface area contributed by atoms with Gasteiger partial charge in [0.2, 0.25) is 11.5 Å². The van der Waals surface area contributed by atoms with Crippen LogP contribution < -0.4 is 28.4 Å². The summed E-state index contributed by atoms with van der Waals surface area (Å²) in [5.74, 6) is -3.25. The number of ether oxygens (including phenoxy) is 8. The molecule has 0 aromatic heterocycles. The van der Waals surface area contributed by atoms with Crippen molar-refractivity contribution in [3.05, 3.63) is 118 Å². The molecule has 4 aromatic rings. The van der Waals surface area contributed by atoms with Crippen molar-refractivity contribution in [1.29, 1.82) is 0 Å². The van der Waals surface area contributed by atoms with Gasteiger partial charge in [-0.3, -0.25) is 9.80 Å². The van der Waals surface area contributed by atoms with Gasteiger partial charge in [0.25, 0.3) is 0 Å². The van der Waals surface area contributed by atoms with Crippen molar-refractivity contribution in [3.8, 4) is 34.5 Å². The molecular formula is C48H58N2O12. The number of hydrogen-bond acceptors (Lipinski definition) is 14. The first-order valence-corrected chi connectivity index (χ1v) is 20.0. The third-order valence-corrected chi connectivity index (χ3v) is 11.5. The van der Waals surface area contributed by atoms with Crippen LogP contribution in [0.4, 0.5) is 0 Å². The van der Waals surface area contributed by atoms with E-state index in [9.17, 15) is 19.2 Å². The van der Waals surface area contributed by atoms with Crippen molar-refractivity contribution in [2.24, 2.45) is 0 Å². The third kappa shape index (κ3) is 9.87. The summed E-state index contributed by atoms with van der Waals surface area (Å²) in [6, 6.07) is 22.4. The Labute approximate surface area is 364 Å². The number of hydrogen-bond donors (Lipinski definition) is 0. The maximum Gasteiger partial charge on any atom is 0.346 e. The van der Waals surface area contributed by atoms with Crippen LogP contribution in [-0.2, 0) is 43.0 Å². The van der Waals surface area contributed by atoms with Crippen molar-refractivity contribution in [2.75, 3.05) is 70.8 Å². The quantitative estimate of drug-likeness (QED) is 0.0502. The van der Waals surface area contributed by atoms with E-state index >= 15 is 0 Å². The second kappa shape index (κ2) is 21.4. The first-order chi connectivity index (χ1) is 29.7. The Hall–Kier alpha value is -6.38. The molecule has 14 nitrogen and oxygen atoms in total. The van der Waals surface area contributed by atoms with Gasteiger partial charge in [-0.05, 0) is 77.1 Å². The van der Waals surface area contributed by atoms with E-state index in [0.29, 0.717) is 36.1 Å². The zero-order valence-electron chi connectivity index (χ0n) is 37.7. The molecule has 4 aromatic carbocycles. The van der Waals surface area contributed by atoms with Gasteiger partial charge in [-0.25, -0.2) is 19.2 Å². The van der Waals surface area contributed by atoms with Crippen molar-refractivity contribution in [2.45, 2.75) is 50.6 Å². The molecule has 14 heteroatoms. The molecule has 0 N–H and O–H groups in total. The molecule has 0 spiro atoms. The topological polar surface area (TPSA) is 149 Å². The first kappa shape index (κ1) is 48.3. The summed E-state index contributed by atoms with van der Waals surface area (Å²) in [7, 11) is 16.3. The maximum absolute atomic E-state index is 13.9. The monoisotopic (exact) mass is 854 g/mol. The maximum atomic E-state index is 13.9. The fourth-order valence-corrected chi connectivity index (χ4v) is 8.05. The Kier molecular flexibility index (Phi) is 16.7. The highest BCUT2D eigenvalue weighted by Gasteiger charge is 2.39. The molecule has 4 rings (SSSR count). The van der Waals surface area contributed by atoms with Gasteiger partial charge in [0, 0.05) is 34.4 Å². The van der Waals surface area contributed by atoms with Gasteiger partial charge in [0.1, 0.15) is 0 Å². The lowest BCUT2D eigenvalue weighted by molar-refractivity contribution is -0.135. The molecule has 0 amide bonds. The SMILES string of the molecule is CCC(Cc1c(C(=O)OC(=O)/C=C\C(=O)OC(=O)c2cc(OC)c(OC)c(OC)c2CC(CC)(c2ccccc2)N(C)C)cc(OC)c(OC)c1OC)(c1ccccc1)N(C)C. The van der Waals surface area contributed by atoms with Crippen LogP contribution >= 0.6 is 0 Å². The molecule has 0 bridgehead atoms. The van der Waals surface area contributed by atoms with Crippen LogP contribution in [-0.4, -0.2) is 105 Å². The summed E-state index contributed by atoms with van der Waals surface area (Å²) < 4.78 is 44.6. The Balaban J connectivity index is 1.69. The number of carbonyl (C=O) groups excluding carboxylic acids is 4. The highest BCUT2D eigenvalue weighted by molar-refractivity contribution is 6.06. The lowest BCUT2D eigenvalue weighted by Gasteiger charge is -2.41. The lowest BCUT2D eigenvalue weighted by atomic mass is 9.79. The van der Waals surface area contributed by atoms with Crippen LogP contribution in [0.5, 0.6) is 34.5 Å². The van der Waals surface area contributed by atoms with Crippen LogP contribution in [0.2, 0.25) is 0 Å². The normalized spacial score (nSPS) is 13.2. The van der Waals surface area contributed by atoms with Crippen molar-refractivity contribution < 1.29 is 57.1 Å². The zero-order chi connectivity index (χ0) is 45.8. The number of esters is 4. The fourth-order valence-electron chi connectivity index (χ4n) is 8.05. The summed E-state index contributed by atoms with van der Waals surface area (Å²) >= 11 is 0. The minimum Gasteiger partial charge on any atom is -0.493 e. The fraction of sp³-hybridized carbons (Fsp3) is 0.375. The summed E-state index contributed by atoms with van der Waals surface area (Å²) in [6.45, 7) is 4.07. The average molecular weight is 855 g/mol. The predicted octanol–water partition coefficient (Wildman–Crippen LogP) is 7.18. The van der Waals surface area contributed by atoms with Gasteiger partial charge in [-0.15, -0.1) is 0 Å². The van der Waals surface area contributed by atoms with E-state index < -0.39 is 35.0 Å². The molecule has 62 heavy (non-hydrogen) atoms. The molecule has 0 aliphatic rings. The Morgan fingerprint density at radius 1 is 0.500 bits per heavy atom. The summed E-state index contributed by atoms with van der Waals surface area (Å²) in [5.41, 5.74) is 1.40. The van der Waals surface area contributed by atoms with E-state index in [-0.39, 0.29) is 58.5 Å². The van der Waals surface area contributed by atoms with Gasteiger partial charge in [0.15, 0.2) is 23.0 Å². The number of rotatable bonds is 20. The number of nitrogens with zero attached hydrogens (tertiary/aromatic N) is 2. The van der Waals surface area contributed by atoms with E-state index in [1.54, 1.807) is 0 Å². The highest BCUT2D eigenvalue weighted by atomic mass is 16.6. The van der Waals surface area contributed by atoms with Gasteiger partial charge in [-0.2, -0.15) is 0 Å². The molecular weight excluding hydrogens is 797 g/mol. The zero-order valence-corrected chi connectivity index (χ0v) is 37.7. The van der Waals surface area contributed by atoms with E-state index in [1.807, 2.05) is 103 Å². The van der Waals surface area contributed by atoms with Gasteiger partial charge < -0.3 is 37.9 Å². The third-order valence-electron chi connectivity index (χ3n) is 11.5. The van der Waals surface area contributed by atoms with E-state index in [2.05, 4.69) is 9.80 Å². The van der Waals surface area contributed by atoms with Crippen molar-refractivity contribution in [3.63, 3.8) is 0 Å². The minimum absolute atomic E-state index is 0.0269. The van der Waals surface area contributed by atoms with Crippen LogP contribution in [0.1, 0.15) is 69.7 Å². The lowest BCUT2D eigenvalue weighted by Crippen LogP contribution is -2.43. The molecule has 0 fully saturated rings. The molecule has 0 aliphatic heterocycles. The van der Waals surface area contributed by atoms with Crippen molar-refractivity contribution >= 4 is 23.9 Å². The largest absolute Gasteiger partial charge is 0.493 e. The van der Waals surface area contributed by atoms with Gasteiger partial charge >= 0.3 is 23.9 Å². The van der Waals surface area contributed by atoms with Gasteiger partial charge in [0.05, 0.1) is 53.8 Å². The molecule has 2 unspecified atom stereocenters. The molecule has 0 radical (unpaired) electrons. The highest BCUT2D eigenvalue weighted by Crippen LogP contribution is 2.48. The number of likely N-dealkylation sites (N-methyl/N-ethyl adjacent to an activating group) is 2. The standard InChI is InChI=1S/C48H58N2O12/c1-13-47(49(3)4,31-21-17-15-18-22-31)29-35-33(27-37(55-7)43(59-11)41(35)57-9)45(53)61-39(51)25-26-40(52)62-46(54)34-28-38(56-8)44(60-12)42(58-10)36(34)30-48(14-2,50(5)6)32-23-19-16-20-24-32/h15-28H,13-14,29-30H2,1-12H3/b26-25-. The van der Waals surface area contributed by atoms with E-state index in [1.165, 1.54) is 54.8 Å². The van der Waals surface area contributed by atoms with E-state index in [4.69, 9.17) is 37.9 Å². The summed E-state index contributed by atoms with van der Waals surface area (Å²) in [5, 5.41) is 0. The molecule has 0 saturated heterocycles. The number of benzene rings is 4. The molecule has 332 valence electrons. The molecule has 2 atom stereocenters. The predicted molar refractivity (Wildman–Crippen MR) is 234 cm³/mol. The summed E-state index contributed by atoms with van der Waals surface area (Å²) in [6.07, 6.45) is 3.11. The van der Waals surface area contributed by atoms with Gasteiger partial charge in [-0.1, -0.05) is 74.5 Å². The minimum atomic E-state index is -1.20. The second-order valence-corrected chi connectivity index (χ2v) is 14.7. The Morgan fingerprint density at radius 2 is 0.823 bits per heavy atom.